The fraction of sp³-hybridized carbons (Fsp3) is 0.364. The summed E-state index contributed by atoms with van der Waals surface area (Å²) in [4.78, 5) is 12.8. The van der Waals surface area contributed by atoms with E-state index in [1.807, 2.05) is 38.1 Å². The largest absolute Gasteiger partial charge is 0.494 e. The summed E-state index contributed by atoms with van der Waals surface area (Å²) in [6.07, 6.45) is 3.56. The topological polar surface area (TPSA) is 88.1 Å². The van der Waals surface area contributed by atoms with Crippen molar-refractivity contribution in [2.45, 2.75) is 44.0 Å². The third-order valence-electron chi connectivity index (χ3n) is 4.88. The van der Waals surface area contributed by atoms with E-state index in [-0.39, 0.29) is 4.90 Å². The summed E-state index contributed by atoms with van der Waals surface area (Å²) in [5.74, 6) is 0.350. The molecule has 1 atom stereocenters. The third-order valence-corrected chi connectivity index (χ3v) is 6.80. The number of hydrazone groups is 1. The molecule has 0 bridgehead atoms. The van der Waals surface area contributed by atoms with Crippen molar-refractivity contribution >= 4 is 22.1 Å². The lowest BCUT2D eigenvalue weighted by Gasteiger charge is -2.22. The summed E-state index contributed by atoms with van der Waals surface area (Å²) < 4.78 is 32.7. The van der Waals surface area contributed by atoms with E-state index >= 15 is 0 Å². The molecule has 160 valence electrons. The van der Waals surface area contributed by atoms with E-state index in [9.17, 15) is 13.2 Å². The summed E-state index contributed by atoms with van der Waals surface area (Å²) in [5.41, 5.74) is 4.25. The molecule has 1 aliphatic heterocycles. The number of sulfonamides is 1. The van der Waals surface area contributed by atoms with Crippen LogP contribution in [0.4, 0.5) is 0 Å². The second kappa shape index (κ2) is 9.86. The van der Waals surface area contributed by atoms with Crippen molar-refractivity contribution < 1.29 is 17.9 Å². The molecule has 0 saturated carbocycles. The number of hydrogen-bond donors (Lipinski definition) is 1. The monoisotopic (exact) mass is 429 g/mol. The van der Waals surface area contributed by atoms with Crippen molar-refractivity contribution in [2.24, 2.45) is 5.10 Å². The number of aryl methyl sites for hydroxylation is 1. The number of nitrogens with one attached hydrogen (secondary N) is 1. The van der Waals surface area contributed by atoms with Crippen LogP contribution in [0.5, 0.6) is 5.75 Å². The molecule has 0 aliphatic carbocycles. The Kier molecular flexibility index (Phi) is 7.23. The van der Waals surface area contributed by atoms with E-state index in [2.05, 4.69) is 10.5 Å². The number of hydrogen-bond acceptors (Lipinski definition) is 5. The zero-order chi connectivity index (χ0) is 21.6. The van der Waals surface area contributed by atoms with Gasteiger partial charge in [0.15, 0.2) is 0 Å². The van der Waals surface area contributed by atoms with Crippen molar-refractivity contribution in [1.82, 2.24) is 9.73 Å². The van der Waals surface area contributed by atoms with Crippen LogP contribution < -0.4 is 10.2 Å². The molecule has 0 unspecified atom stereocenters. The number of benzene rings is 2. The van der Waals surface area contributed by atoms with Crippen molar-refractivity contribution in [2.75, 3.05) is 13.2 Å². The second-order valence-corrected chi connectivity index (χ2v) is 9.13. The Hall–Kier alpha value is -2.71. The highest BCUT2D eigenvalue weighted by molar-refractivity contribution is 7.89. The summed E-state index contributed by atoms with van der Waals surface area (Å²) in [7, 11) is -3.73. The summed E-state index contributed by atoms with van der Waals surface area (Å²) >= 11 is 0. The van der Waals surface area contributed by atoms with Crippen LogP contribution in [0.2, 0.25) is 0 Å². The van der Waals surface area contributed by atoms with Gasteiger partial charge in [0.2, 0.25) is 10.0 Å². The quantitative estimate of drug-likeness (QED) is 0.516. The molecule has 1 heterocycles. The van der Waals surface area contributed by atoms with Crippen LogP contribution in [-0.4, -0.2) is 44.0 Å². The highest BCUT2D eigenvalue weighted by Crippen LogP contribution is 2.26. The first-order valence-corrected chi connectivity index (χ1v) is 11.5. The zero-order valence-corrected chi connectivity index (χ0v) is 18.1. The van der Waals surface area contributed by atoms with Gasteiger partial charge < -0.3 is 4.74 Å². The van der Waals surface area contributed by atoms with Gasteiger partial charge in [0.25, 0.3) is 5.91 Å². The average molecular weight is 430 g/mol. The molecule has 1 N–H and O–H groups in total. The van der Waals surface area contributed by atoms with Gasteiger partial charge in [-0.2, -0.15) is 9.41 Å². The van der Waals surface area contributed by atoms with E-state index in [0.29, 0.717) is 26.0 Å². The van der Waals surface area contributed by atoms with Gasteiger partial charge in [0, 0.05) is 6.54 Å². The van der Waals surface area contributed by atoms with Crippen LogP contribution >= 0.6 is 0 Å². The van der Waals surface area contributed by atoms with Crippen molar-refractivity contribution in [3.05, 3.63) is 59.7 Å². The van der Waals surface area contributed by atoms with Crippen LogP contribution in [0, 0.1) is 6.92 Å². The molecule has 2 aromatic rings. The molecule has 1 fully saturated rings. The smallest absolute Gasteiger partial charge is 0.258 e. The fourth-order valence-electron chi connectivity index (χ4n) is 3.25. The third kappa shape index (κ3) is 5.25. The lowest BCUT2D eigenvalue weighted by Crippen LogP contribution is -2.44. The Morgan fingerprint density at radius 2 is 1.90 bits per heavy atom. The molecular formula is C22H27N3O4S. The number of rotatable bonds is 8. The molecular weight excluding hydrogens is 402 g/mol. The summed E-state index contributed by atoms with van der Waals surface area (Å²) in [6.45, 7) is 4.91. The number of amides is 1. The Balaban J connectivity index is 1.63. The second-order valence-electron chi connectivity index (χ2n) is 7.24. The van der Waals surface area contributed by atoms with E-state index < -0.39 is 22.0 Å². The minimum atomic E-state index is -3.73. The molecule has 8 heteroatoms. The van der Waals surface area contributed by atoms with Gasteiger partial charge in [-0.05, 0) is 68.1 Å². The van der Waals surface area contributed by atoms with Crippen LogP contribution in [0.3, 0.4) is 0 Å². The normalized spacial score (nSPS) is 17.3. The molecule has 7 nitrogen and oxygen atoms in total. The minimum absolute atomic E-state index is 0.196. The zero-order valence-electron chi connectivity index (χ0n) is 17.2. The van der Waals surface area contributed by atoms with Gasteiger partial charge in [0.05, 0.1) is 17.7 Å². The molecule has 2 aromatic carbocycles. The molecule has 3 rings (SSSR count). The van der Waals surface area contributed by atoms with Crippen LogP contribution in [-0.2, 0) is 14.8 Å². The highest BCUT2D eigenvalue weighted by Gasteiger charge is 2.39. The Morgan fingerprint density at radius 1 is 1.20 bits per heavy atom. The van der Waals surface area contributed by atoms with Gasteiger partial charge >= 0.3 is 0 Å². The number of nitrogens with zero attached hydrogens (tertiary/aromatic N) is 2. The minimum Gasteiger partial charge on any atom is -0.494 e. The van der Waals surface area contributed by atoms with Crippen LogP contribution in [0.15, 0.2) is 58.5 Å². The first-order valence-electron chi connectivity index (χ1n) is 10.1. The Labute approximate surface area is 177 Å². The van der Waals surface area contributed by atoms with Gasteiger partial charge in [0.1, 0.15) is 11.8 Å². The predicted octanol–water partition coefficient (Wildman–Crippen LogP) is 3.09. The maximum atomic E-state index is 13.0. The molecule has 1 amide bonds. The van der Waals surface area contributed by atoms with E-state index in [1.54, 1.807) is 24.3 Å². The Bertz CT molecular complexity index is 986. The van der Waals surface area contributed by atoms with E-state index in [4.69, 9.17) is 4.74 Å². The average Bonchev–Trinajstić information content (AvgIpc) is 3.24. The molecule has 0 spiro atoms. The molecule has 0 aromatic heterocycles. The maximum absolute atomic E-state index is 13.0. The molecule has 30 heavy (non-hydrogen) atoms. The fourth-order valence-corrected chi connectivity index (χ4v) is 4.91. The molecule has 1 saturated heterocycles. The van der Waals surface area contributed by atoms with Gasteiger partial charge in [-0.1, -0.05) is 24.6 Å². The number of ether oxygens (including phenoxy) is 1. The van der Waals surface area contributed by atoms with Gasteiger partial charge in [-0.15, -0.1) is 0 Å². The first-order chi connectivity index (χ1) is 14.4. The van der Waals surface area contributed by atoms with Crippen LogP contribution in [0.25, 0.3) is 0 Å². The molecule has 1 aliphatic rings. The van der Waals surface area contributed by atoms with E-state index in [1.165, 1.54) is 10.5 Å². The standard InChI is InChI=1S/C22H27N3O4S/c1-3-15-29-19-10-8-18(9-11-19)16-23-24-22(26)21-5-4-14-25(21)30(27,28)20-12-6-17(2)7-13-20/h6-13,16,21H,3-5,14-15H2,1-2H3,(H,24,26)/b23-16-/t21-/m1/s1. The van der Waals surface area contributed by atoms with Gasteiger partial charge in [-0.3, -0.25) is 4.79 Å². The SMILES string of the molecule is CCCOc1ccc(/C=N\NC(=O)[C@H]2CCCN2S(=O)(=O)c2ccc(C)cc2)cc1. The first kappa shape index (κ1) is 22.0. The van der Waals surface area contributed by atoms with Crippen molar-refractivity contribution in [1.29, 1.82) is 0 Å². The number of carbonyl (C=O) groups excluding carboxylic acids is 1. The lowest BCUT2D eigenvalue weighted by atomic mass is 10.2. The van der Waals surface area contributed by atoms with Crippen molar-refractivity contribution in [3.8, 4) is 5.75 Å². The Morgan fingerprint density at radius 3 is 2.57 bits per heavy atom. The van der Waals surface area contributed by atoms with E-state index in [0.717, 1.165) is 23.3 Å². The number of carbonyl (C=O) groups is 1. The maximum Gasteiger partial charge on any atom is 0.258 e. The van der Waals surface area contributed by atoms with Crippen LogP contribution in [0.1, 0.15) is 37.3 Å². The highest BCUT2D eigenvalue weighted by atomic mass is 32.2. The lowest BCUT2D eigenvalue weighted by molar-refractivity contribution is -0.124. The van der Waals surface area contributed by atoms with Crippen molar-refractivity contribution in [3.63, 3.8) is 0 Å². The summed E-state index contributed by atoms with van der Waals surface area (Å²) in [5, 5.41) is 3.99. The predicted molar refractivity (Wildman–Crippen MR) is 116 cm³/mol. The molecule has 0 radical (unpaired) electrons. The van der Waals surface area contributed by atoms with Gasteiger partial charge in [-0.25, -0.2) is 13.8 Å². The summed E-state index contributed by atoms with van der Waals surface area (Å²) in [6, 6.07) is 13.2.